The van der Waals surface area contributed by atoms with Crippen LogP contribution in [-0.4, -0.2) is 18.0 Å². The van der Waals surface area contributed by atoms with Crippen LogP contribution in [0.15, 0.2) is 24.3 Å². The smallest absolute Gasteiger partial charge is 0.237 e. The predicted molar refractivity (Wildman–Crippen MR) is 77.9 cm³/mol. The van der Waals surface area contributed by atoms with Gasteiger partial charge in [0.05, 0.1) is 6.04 Å². The van der Waals surface area contributed by atoms with Gasteiger partial charge in [-0.3, -0.25) is 4.79 Å². The fourth-order valence-corrected chi connectivity index (χ4v) is 2.56. The molecule has 0 aromatic heterocycles. The summed E-state index contributed by atoms with van der Waals surface area (Å²) in [5.41, 5.74) is 2.52. The standard InChI is InChI=1S/C16H24N2O/c1-12-7-3-4-8-14(12)11-17-13(2)16(19)18-15-9-5-6-10-15/h3-4,7-8,13,15,17H,5-6,9-11H2,1-2H3,(H,18,19). The number of carbonyl (C=O) groups excluding carboxylic acids is 1. The molecule has 1 amide bonds. The zero-order valence-corrected chi connectivity index (χ0v) is 11.9. The Balaban J connectivity index is 1.78. The number of aryl methyl sites for hydroxylation is 1. The molecule has 3 heteroatoms. The molecular formula is C16H24N2O. The topological polar surface area (TPSA) is 41.1 Å². The van der Waals surface area contributed by atoms with Crippen LogP contribution in [0.5, 0.6) is 0 Å². The minimum Gasteiger partial charge on any atom is -0.352 e. The summed E-state index contributed by atoms with van der Waals surface area (Å²) in [6, 6.07) is 8.53. The molecule has 1 aromatic rings. The van der Waals surface area contributed by atoms with Crippen molar-refractivity contribution in [2.45, 2.75) is 58.2 Å². The van der Waals surface area contributed by atoms with Crippen molar-refractivity contribution in [3.63, 3.8) is 0 Å². The molecule has 2 N–H and O–H groups in total. The molecule has 3 nitrogen and oxygen atoms in total. The molecule has 0 aliphatic heterocycles. The second-order valence-corrected chi connectivity index (χ2v) is 5.52. The van der Waals surface area contributed by atoms with Crippen LogP contribution in [0.4, 0.5) is 0 Å². The molecule has 1 unspecified atom stereocenters. The van der Waals surface area contributed by atoms with Gasteiger partial charge in [0.1, 0.15) is 0 Å². The maximum absolute atomic E-state index is 12.0. The first-order valence-corrected chi connectivity index (χ1v) is 7.25. The fraction of sp³-hybridized carbons (Fsp3) is 0.562. The predicted octanol–water partition coefficient (Wildman–Crippen LogP) is 2.53. The summed E-state index contributed by atoms with van der Waals surface area (Å²) in [6.45, 7) is 4.77. The number of benzene rings is 1. The summed E-state index contributed by atoms with van der Waals surface area (Å²) >= 11 is 0. The molecule has 1 atom stereocenters. The van der Waals surface area contributed by atoms with Crippen molar-refractivity contribution in [2.24, 2.45) is 0 Å². The van der Waals surface area contributed by atoms with E-state index in [9.17, 15) is 4.79 Å². The molecule has 104 valence electrons. The van der Waals surface area contributed by atoms with Gasteiger partial charge < -0.3 is 10.6 Å². The molecule has 0 radical (unpaired) electrons. The Morgan fingerprint density at radius 2 is 2.00 bits per heavy atom. The van der Waals surface area contributed by atoms with E-state index in [1.807, 2.05) is 19.1 Å². The number of rotatable bonds is 5. The van der Waals surface area contributed by atoms with Gasteiger partial charge in [-0.25, -0.2) is 0 Å². The van der Waals surface area contributed by atoms with Gasteiger partial charge in [-0.2, -0.15) is 0 Å². The largest absolute Gasteiger partial charge is 0.352 e. The van der Waals surface area contributed by atoms with Crippen LogP contribution in [-0.2, 0) is 11.3 Å². The lowest BCUT2D eigenvalue weighted by molar-refractivity contribution is -0.123. The van der Waals surface area contributed by atoms with E-state index in [1.54, 1.807) is 0 Å². The first-order chi connectivity index (χ1) is 9.16. The average molecular weight is 260 g/mol. The van der Waals surface area contributed by atoms with Crippen LogP contribution in [0.1, 0.15) is 43.7 Å². The van der Waals surface area contributed by atoms with Crippen molar-refractivity contribution in [1.82, 2.24) is 10.6 Å². The van der Waals surface area contributed by atoms with E-state index in [0.717, 1.165) is 19.4 Å². The third-order valence-corrected chi connectivity index (χ3v) is 3.95. The lowest BCUT2D eigenvalue weighted by Crippen LogP contribution is -2.45. The SMILES string of the molecule is Cc1ccccc1CNC(C)C(=O)NC1CCCC1. The van der Waals surface area contributed by atoms with Crippen molar-refractivity contribution in [2.75, 3.05) is 0 Å². The van der Waals surface area contributed by atoms with Gasteiger partial charge in [0.15, 0.2) is 0 Å². The molecule has 1 aliphatic rings. The second-order valence-electron chi connectivity index (χ2n) is 5.52. The van der Waals surface area contributed by atoms with E-state index in [4.69, 9.17) is 0 Å². The van der Waals surface area contributed by atoms with Crippen LogP contribution in [0.2, 0.25) is 0 Å². The fourth-order valence-electron chi connectivity index (χ4n) is 2.56. The van der Waals surface area contributed by atoms with Crippen molar-refractivity contribution in [3.8, 4) is 0 Å². The molecule has 0 spiro atoms. The molecule has 1 fully saturated rings. The lowest BCUT2D eigenvalue weighted by Gasteiger charge is -2.18. The van der Waals surface area contributed by atoms with Crippen LogP contribution < -0.4 is 10.6 Å². The Morgan fingerprint density at radius 1 is 1.32 bits per heavy atom. The summed E-state index contributed by atoms with van der Waals surface area (Å²) in [5, 5.41) is 6.43. The number of hydrogen-bond donors (Lipinski definition) is 2. The highest BCUT2D eigenvalue weighted by Gasteiger charge is 2.20. The van der Waals surface area contributed by atoms with E-state index in [2.05, 4.69) is 29.7 Å². The van der Waals surface area contributed by atoms with Crippen molar-refractivity contribution >= 4 is 5.91 Å². The van der Waals surface area contributed by atoms with E-state index in [1.165, 1.54) is 24.0 Å². The minimum absolute atomic E-state index is 0.125. The molecule has 2 rings (SSSR count). The van der Waals surface area contributed by atoms with Gasteiger partial charge in [-0.05, 0) is 37.8 Å². The Bertz CT molecular complexity index is 425. The van der Waals surface area contributed by atoms with Gasteiger partial charge >= 0.3 is 0 Å². The molecule has 0 bridgehead atoms. The third kappa shape index (κ3) is 4.06. The van der Waals surface area contributed by atoms with E-state index >= 15 is 0 Å². The number of hydrogen-bond acceptors (Lipinski definition) is 2. The summed E-state index contributed by atoms with van der Waals surface area (Å²) < 4.78 is 0. The quantitative estimate of drug-likeness (QED) is 0.854. The Hall–Kier alpha value is -1.35. The number of carbonyl (C=O) groups is 1. The number of amides is 1. The normalized spacial score (nSPS) is 17.4. The minimum atomic E-state index is -0.139. The van der Waals surface area contributed by atoms with E-state index in [-0.39, 0.29) is 11.9 Å². The zero-order valence-electron chi connectivity index (χ0n) is 11.9. The van der Waals surface area contributed by atoms with E-state index in [0.29, 0.717) is 6.04 Å². The monoisotopic (exact) mass is 260 g/mol. The van der Waals surface area contributed by atoms with Crippen LogP contribution >= 0.6 is 0 Å². The number of nitrogens with one attached hydrogen (secondary N) is 2. The van der Waals surface area contributed by atoms with E-state index < -0.39 is 0 Å². The van der Waals surface area contributed by atoms with Crippen molar-refractivity contribution in [1.29, 1.82) is 0 Å². The van der Waals surface area contributed by atoms with Crippen LogP contribution in [0, 0.1) is 6.92 Å². The second kappa shape index (κ2) is 6.71. The summed E-state index contributed by atoms with van der Waals surface area (Å²) in [7, 11) is 0. The Morgan fingerprint density at radius 3 is 2.68 bits per heavy atom. The maximum Gasteiger partial charge on any atom is 0.237 e. The van der Waals surface area contributed by atoms with Crippen molar-refractivity contribution < 1.29 is 4.79 Å². The summed E-state index contributed by atoms with van der Waals surface area (Å²) in [4.78, 5) is 12.0. The Labute approximate surface area is 115 Å². The van der Waals surface area contributed by atoms with Gasteiger partial charge in [0.2, 0.25) is 5.91 Å². The van der Waals surface area contributed by atoms with Gasteiger partial charge in [-0.15, -0.1) is 0 Å². The third-order valence-electron chi connectivity index (χ3n) is 3.95. The molecule has 0 saturated heterocycles. The summed E-state index contributed by atoms with van der Waals surface area (Å²) in [6.07, 6.45) is 4.76. The first-order valence-electron chi connectivity index (χ1n) is 7.25. The molecular weight excluding hydrogens is 236 g/mol. The molecule has 1 aliphatic carbocycles. The maximum atomic E-state index is 12.0. The highest BCUT2D eigenvalue weighted by atomic mass is 16.2. The van der Waals surface area contributed by atoms with Crippen molar-refractivity contribution in [3.05, 3.63) is 35.4 Å². The molecule has 19 heavy (non-hydrogen) atoms. The molecule has 1 saturated carbocycles. The summed E-state index contributed by atoms with van der Waals surface area (Å²) in [5.74, 6) is 0.125. The highest BCUT2D eigenvalue weighted by molar-refractivity contribution is 5.81. The zero-order chi connectivity index (χ0) is 13.7. The lowest BCUT2D eigenvalue weighted by atomic mass is 10.1. The molecule has 0 heterocycles. The highest BCUT2D eigenvalue weighted by Crippen LogP contribution is 2.17. The average Bonchev–Trinajstić information content (AvgIpc) is 2.90. The van der Waals surface area contributed by atoms with Crippen LogP contribution in [0.25, 0.3) is 0 Å². The van der Waals surface area contributed by atoms with Crippen LogP contribution in [0.3, 0.4) is 0 Å². The van der Waals surface area contributed by atoms with Gasteiger partial charge in [-0.1, -0.05) is 37.1 Å². The van der Waals surface area contributed by atoms with Gasteiger partial charge in [0.25, 0.3) is 0 Å². The van der Waals surface area contributed by atoms with Gasteiger partial charge in [0, 0.05) is 12.6 Å². The molecule has 1 aromatic carbocycles. The Kier molecular flexibility index (Phi) is 4.97. The first kappa shape index (κ1) is 14.1.